The van der Waals surface area contributed by atoms with Crippen molar-refractivity contribution in [2.75, 3.05) is 20.1 Å². The largest absolute Gasteiger partial charge is 0.355 e. The van der Waals surface area contributed by atoms with E-state index in [-0.39, 0.29) is 5.91 Å². The summed E-state index contributed by atoms with van der Waals surface area (Å²) in [6, 6.07) is 14.6. The lowest BCUT2D eigenvalue weighted by atomic mass is 10.0. The van der Waals surface area contributed by atoms with Crippen LogP contribution in [0.3, 0.4) is 0 Å². The van der Waals surface area contributed by atoms with Crippen molar-refractivity contribution in [2.24, 2.45) is 0 Å². The molecule has 0 saturated carbocycles. The fourth-order valence-corrected chi connectivity index (χ4v) is 2.07. The maximum atomic E-state index is 11.3. The smallest absolute Gasteiger partial charge is 0.233 e. The summed E-state index contributed by atoms with van der Waals surface area (Å²) < 4.78 is 0. The molecule has 1 amide bonds. The zero-order chi connectivity index (χ0) is 12.8. The summed E-state index contributed by atoms with van der Waals surface area (Å²) in [7, 11) is 1.77. The Balaban J connectivity index is 2.01. The van der Waals surface area contributed by atoms with Gasteiger partial charge < -0.3 is 10.6 Å². The minimum atomic E-state index is 0.0396. The quantitative estimate of drug-likeness (QED) is 0.838. The molecule has 0 unspecified atom stereocenters. The van der Waals surface area contributed by atoms with Crippen LogP contribution in [0, 0.1) is 0 Å². The van der Waals surface area contributed by atoms with E-state index in [0.29, 0.717) is 13.1 Å². The fraction of sp³-hybridized carbons (Fsp3) is 0.267. The van der Waals surface area contributed by atoms with Crippen LogP contribution in [0.5, 0.6) is 0 Å². The Bertz CT molecular complexity index is 532. The summed E-state index contributed by atoms with van der Waals surface area (Å²) >= 11 is 0. The van der Waals surface area contributed by atoms with Gasteiger partial charge in [-0.15, -0.1) is 0 Å². The number of nitrogens with one attached hydrogen (secondary N) is 2. The number of benzene rings is 2. The Kier molecular flexibility index (Phi) is 4.31. The van der Waals surface area contributed by atoms with Crippen molar-refractivity contribution in [3.63, 3.8) is 0 Å². The van der Waals surface area contributed by atoms with Gasteiger partial charge in [0, 0.05) is 6.54 Å². The molecule has 3 heteroatoms. The highest BCUT2D eigenvalue weighted by Gasteiger charge is 2.01. The van der Waals surface area contributed by atoms with Crippen molar-refractivity contribution < 1.29 is 4.79 Å². The van der Waals surface area contributed by atoms with Crippen molar-refractivity contribution >= 4 is 16.7 Å². The molecule has 94 valence electrons. The van der Waals surface area contributed by atoms with Crippen LogP contribution in [0.4, 0.5) is 0 Å². The van der Waals surface area contributed by atoms with Crippen molar-refractivity contribution in [1.29, 1.82) is 0 Å². The van der Waals surface area contributed by atoms with Gasteiger partial charge in [0.1, 0.15) is 0 Å². The van der Waals surface area contributed by atoms with E-state index in [9.17, 15) is 4.79 Å². The molecule has 0 spiro atoms. The molecule has 0 aromatic heterocycles. The molecule has 0 saturated heterocycles. The number of hydrogen-bond donors (Lipinski definition) is 2. The Morgan fingerprint density at radius 3 is 2.72 bits per heavy atom. The maximum absolute atomic E-state index is 11.3. The SMILES string of the molecule is CNCC(=O)NCCc1cccc2ccccc12. The van der Waals surface area contributed by atoms with Crippen molar-refractivity contribution in [3.05, 3.63) is 48.0 Å². The molecule has 0 heterocycles. The average molecular weight is 242 g/mol. The van der Waals surface area contributed by atoms with Gasteiger partial charge in [-0.05, 0) is 29.8 Å². The summed E-state index contributed by atoms with van der Waals surface area (Å²) in [6.45, 7) is 1.05. The number of likely N-dealkylation sites (N-methyl/N-ethyl adjacent to an activating group) is 1. The third-order valence-electron chi connectivity index (χ3n) is 2.93. The molecule has 0 radical (unpaired) electrons. The number of carbonyl (C=O) groups excluding carboxylic acids is 1. The standard InChI is InChI=1S/C15H18N2O/c1-16-11-15(18)17-10-9-13-7-4-6-12-5-2-3-8-14(12)13/h2-8,16H,9-11H2,1H3,(H,17,18). The Labute approximate surface area is 107 Å². The van der Waals surface area contributed by atoms with Crippen LogP contribution < -0.4 is 10.6 Å². The summed E-state index contributed by atoms with van der Waals surface area (Å²) in [4.78, 5) is 11.3. The predicted molar refractivity (Wildman–Crippen MR) is 74.6 cm³/mol. The maximum Gasteiger partial charge on any atom is 0.233 e. The second kappa shape index (κ2) is 6.17. The van der Waals surface area contributed by atoms with Crippen LogP contribution in [0.1, 0.15) is 5.56 Å². The minimum absolute atomic E-state index is 0.0396. The molecule has 2 rings (SSSR count). The molecule has 0 aliphatic heterocycles. The van der Waals surface area contributed by atoms with Gasteiger partial charge in [0.15, 0.2) is 0 Å². The number of hydrogen-bond acceptors (Lipinski definition) is 2. The third-order valence-corrected chi connectivity index (χ3v) is 2.93. The molecular weight excluding hydrogens is 224 g/mol. The summed E-state index contributed by atoms with van der Waals surface area (Å²) in [6.07, 6.45) is 0.858. The van der Waals surface area contributed by atoms with Crippen molar-refractivity contribution in [3.8, 4) is 0 Å². The van der Waals surface area contributed by atoms with Gasteiger partial charge in [0.05, 0.1) is 6.54 Å². The summed E-state index contributed by atoms with van der Waals surface area (Å²) in [5.41, 5.74) is 1.28. The number of amides is 1. The number of carbonyl (C=O) groups is 1. The van der Waals surface area contributed by atoms with Gasteiger partial charge in [-0.25, -0.2) is 0 Å². The summed E-state index contributed by atoms with van der Waals surface area (Å²) in [5.74, 6) is 0.0396. The highest BCUT2D eigenvalue weighted by atomic mass is 16.1. The molecule has 2 aromatic rings. The molecule has 2 N–H and O–H groups in total. The molecule has 0 aliphatic carbocycles. The lowest BCUT2D eigenvalue weighted by molar-refractivity contribution is -0.120. The van der Waals surface area contributed by atoms with E-state index in [1.165, 1.54) is 16.3 Å². The van der Waals surface area contributed by atoms with E-state index in [1.807, 2.05) is 12.1 Å². The first-order chi connectivity index (χ1) is 8.81. The molecule has 3 nitrogen and oxygen atoms in total. The molecule has 0 bridgehead atoms. The topological polar surface area (TPSA) is 41.1 Å². The highest BCUT2D eigenvalue weighted by molar-refractivity contribution is 5.85. The van der Waals surface area contributed by atoms with Gasteiger partial charge in [0.2, 0.25) is 5.91 Å². The van der Waals surface area contributed by atoms with Crippen LogP contribution in [-0.4, -0.2) is 26.0 Å². The third kappa shape index (κ3) is 3.08. The number of rotatable bonds is 5. The van der Waals surface area contributed by atoms with E-state index >= 15 is 0 Å². The Hall–Kier alpha value is -1.87. The van der Waals surface area contributed by atoms with E-state index in [2.05, 4.69) is 41.0 Å². The van der Waals surface area contributed by atoms with Crippen LogP contribution in [-0.2, 0) is 11.2 Å². The van der Waals surface area contributed by atoms with Crippen molar-refractivity contribution in [2.45, 2.75) is 6.42 Å². The van der Waals surface area contributed by atoms with E-state index in [0.717, 1.165) is 6.42 Å². The van der Waals surface area contributed by atoms with E-state index in [1.54, 1.807) is 7.05 Å². The lowest BCUT2D eigenvalue weighted by Gasteiger charge is -2.08. The molecule has 0 fully saturated rings. The zero-order valence-corrected chi connectivity index (χ0v) is 10.6. The molecular formula is C15H18N2O. The second-order valence-corrected chi connectivity index (χ2v) is 4.27. The van der Waals surface area contributed by atoms with Crippen LogP contribution in [0.2, 0.25) is 0 Å². The van der Waals surface area contributed by atoms with Gasteiger partial charge in [-0.2, -0.15) is 0 Å². The average Bonchev–Trinajstić information content (AvgIpc) is 2.39. The van der Waals surface area contributed by atoms with E-state index < -0.39 is 0 Å². The molecule has 2 aromatic carbocycles. The van der Waals surface area contributed by atoms with Gasteiger partial charge in [-0.3, -0.25) is 4.79 Å². The van der Waals surface area contributed by atoms with Crippen LogP contribution in [0.25, 0.3) is 10.8 Å². The fourth-order valence-electron chi connectivity index (χ4n) is 2.07. The lowest BCUT2D eigenvalue weighted by Crippen LogP contribution is -2.33. The Morgan fingerprint density at radius 1 is 1.11 bits per heavy atom. The van der Waals surface area contributed by atoms with Gasteiger partial charge in [0.25, 0.3) is 0 Å². The molecule has 18 heavy (non-hydrogen) atoms. The number of fused-ring (bicyclic) bond motifs is 1. The first-order valence-corrected chi connectivity index (χ1v) is 6.19. The molecule has 0 aliphatic rings. The predicted octanol–water partition coefficient (Wildman–Crippen LogP) is 1.72. The Morgan fingerprint density at radius 2 is 1.89 bits per heavy atom. The van der Waals surface area contributed by atoms with Crippen molar-refractivity contribution in [1.82, 2.24) is 10.6 Å². The molecule has 0 atom stereocenters. The summed E-state index contributed by atoms with van der Waals surface area (Å²) in [5, 5.41) is 8.24. The first kappa shape index (κ1) is 12.6. The van der Waals surface area contributed by atoms with Gasteiger partial charge in [-0.1, -0.05) is 42.5 Å². The van der Waals surface area contributed by atoms with Crippen LogP contribution in [0.15, 0.2) is 42.5 Å². The zero-order valence-electron chi connectivity index (χ0n) is 10.6. The van der Waals surface area contributed by atoms with Gasteiger partial charge >= 0.3 is 0 Å². The highest BCUT2D eigenvalue weighted by Crippen LogP contribution is 2.18. The minimum Gasteiger partial charge on any atom is -0.355 e. The first-order valence-electron chi connectivity index (χ1n) is 6.19. The second-order valence-electron chi connectivity index (χ2n) is 4.27. The van der Waals surface area contributed by atoms with E-state index in [4.69, 9.17) is 0 Å². The van der Waals surface area contributed by atoms with Crippen LogP contribution >= 0.6 is 0 Å². The monoisotopic (exact) mass is 242 g/mol. The normalized spacial score (nSPS) is 10.5.